The Morgan fingerprint density at radius 2 is 1.67 bits per heavy atom. The SMILES string of the molecule is COc1ccc([C@@H]2c3c(oc4cc(C)c(C)cc4c3=O)C(=O)N2CCCN2CCOCC2)cc1OC. The highest BCUT2D eigenvalue weighted by atomic mass is 16.5. The molecule has 2 aliphatic heterocycles. The number of amides is 1. The van der Waals surface area contributed by atoms with Crippen LogP contribution in [0.25, 0.3) is 11.0 Å². The van der Waals surface area contributed by atoms with Crippen LogP contribution in [0.5, 0.6) is 11.5 Å². The third kappa shape index (κ3) is 4.24. The van der Waals surface area contributed by atoms with Crippen molar-refractivity contribution in [2.45, 2.75) is 26.3 Å². The Labute approximate surface area is 210 Å². The highest BCUT2D eigenvalue weighted by molar-refractivity contribution is 5.99. The van der Waals surface area contributed by atoms with Gasteiger partial charge in [-0.05, 0) is 61.2 Å². The van der Waals surface area contributed by atoms with E-state index in [4.69, 9.17) is 18.6 Å². The number of fused-ring (bicyclic) bond motifs is 2. The van der Waals surface area contributed by atoms with Crippen molar-refractivity contribution in [1.82, 2.24) is 9.80 Å². The van der Waals surface area contributed by atoms with Gasteiger partial charge in [-0.1, -0.05) is 6.07 Å². The molecule has 0 radical (unpaired) electrons. The predicted molar refractivity (Wildman–Crippen MR) is 136 cm³/mol. The normalized spacial score (nSPS) is 18.1. The van der Waals surface area contributed by atoms with Gasteiger partial charge in [0, 0.05) is 26.2 Å². The first kappa shape index (κ1) is 24.3. The van der Waals surface area contributed by atoms with Crippen LogP contribution >= 0.6 is 0 Å². The van der Waals surface area contributed by atoms with Crippen molar-refractivity contribution in [2.75, 3.05) is 53.6 Å². The van der Waals surface area contributed by atoms with Gasteiger partial charge in [0.1, 0.15) is 5.58 Å². The number of morpholine rings is 1. The van der Waals surface area contributed by atoms with Crippen molar-refractivity contribution >= 4 is 16.9 Å². The highest BCUT2D eigenvalue weighted by Crippen LogP contribution is 2.41. The van der Waals surface area contributed by atoms with Crippen LogP contribution < -0.4 is 14.9 Å². The molecule has 1 fully saturated rings. The van der Waals surface area contributed by atoms with Crippen LogP contribution in [0.15, 0.2) is 39.5 Å². The lowest BCUT2D eigenvalue weighted by molar-refractivity contribution is 0.0353. The van der Waals surface area contributed by atoms with Crippen molar-refractivity contribution in [2.24, 2.45) is 0 Å². The molecule has 0 bridgehead atoms. The molecule has 3 heterocycles. The molecule has 1 atom stereocenters. The predicted octanol–water partition coefficient (Wildman–Crippen LogP) is 3.69. The Bertz CT molecular complexity index is 1360. The average Bonchev–Trinajstić information content (AvgIpc) is 3.17. The number of hydrogen-bond donors (Lipinski definition) is 0. The van der Waals surface area contributed by atoms with Crippen LogP contribution in [0.4, 0.5) is 0 Å². The van der Waals surface area contributed by atoms with E-state index in [2.05, 4.69) is 4.90 Å². The van der Waals surface area contributed by atoms with Gasteiger partial charge in [0.05, 0.1) is 44.4 Å². The summed E-state index contributed by atoms with van der Waals surface area (Å²) in [5, 5.41) is 0.491. The Morgan fingerprint density at radius 3 is 2.39 bits per heavy atom. The number of carbonyl (C=O) groups excluding carboxylic acids is 1. The van der Waals surface area contributed by atoms with Gasteiger partial charge in [0.2, 0.25) is 5.76 Å². The van der Waals surface area contributed by atoms with Crippen molar-refractivity contribution in [3.05, 3.63) is 68.6 Å². The first-order valence-corrected chi connectivity index (χ1v) is 12.3. The second kappa shape index (κ2) is 9.95. The first-order chi connectivity index (χ1) is 17.4. The maximum absolute atomic E-state index is 13.8. The summed E-state index contributed by atoms with van der Waals surface area (Å²) in [6.07, 6.45) is 0.773. The molecular weight excluding hydrogens is 460 g/mol. The number of rotatable bonds is 7. The summed E-state index contributed by atoms with van der Waals surface area (Å²) < 4.78 is 22.5. The third-order valence-electron chi connectivity index (χ3n) is 7.28. The van der Waals surface area contributed by atoms with E-state index in [1.54, 1.807) is 25.2 Å². The number of ether oxygens (including phenoxy) is 3. The van der Waals surface area contributed by atoms with Gasteiger partial charge >= 0.3 is 0 Å². The zero-order chi connectivity index (χ0) is 25.4. The minimum atomic E-state index is -0.570. The molecule has 5 rings (SSSR count). The maximum Gasteiger partial charge on any atom is 0.290 e. The average molecular weight is 493 g/mol. The first-order valence-electron chi connectivity index (χ1n) is 12.3. The van der Waals surface area contributed by atoms with E-state index in [-0.39, 0.29) is 17.1 Å². The van der Waals surface area contributed by atoms with Crippen molar-refractivity contribution in [3.8, 4) is 11.5 Å². The molecule has 190 valence electrons. The van der Waals surface area contributed by atoms with Gasteiger partial charge < -0.3 is 23.5 Å². The number of nitrogens with zero attached hydrogens (tertiary/aromatic N) is 2. The molecule has 0 N–H and O–H groups in total. The quantitative estimate of drug-likeness (QED) is 0.498. The standard InChI is InChI=1S/C28H32N2O6/c1-17-14-20-22(15-18(17)2)36-27-24(26(20)31)25(19-6-7-21(33-3)23(16-19)34-4)30(28(27)32)9-5-8-29-10-12-35-13-11-29/h6-7,14-16,25H,5,8-13H2,1-4H3/t25-/m1/s1. The Balaban J connectivity index is 1.58. The zero-order valence-corrected chi connectivity index (χ0v) is 21.3. The van der Waals surface area contributed by atoms with Crippen LogP contribution in [0.3, 0.4) is 0 Å². The second-order valence-corrected chi connectivity index (χ2v) is 9.43. The van der Waals surface area contributed by atoms with Gasteiger partial charge in [-0.2, -0.15) is 0 Å². The molecule has 1 aromatic heterocycles. The molecule has 2 aliphatic rings. The minimum absolute atomic E-state index is 0.127. The highest BCUT2D eigenvalue weighted by Gasteiger charge is 2.42. The lowest BCUT2D eigenvalue weighted by Crippen LogP contribution is -2.38. The summed E-state index contributed by atoms with van der Waals surface area (Å²) in [5.74, 6) is 0.994. The number of aryl methyl sites for hydroxylation is 2. The molecule has 2 aromatic carbocycles. The Morgan fingerprint density at radius 1 is 0.944 bits per heavy atom. The van der Waals surface area contributed by atoms with E-state index >= 15 is 0 Å². The molecule has 1 saturated heterocycles. The molecule has 0 unspecified atom stereocenters. The fraction of sp³-hybridized carbons (Fsp3) is 0.429. The summed E-state index contributed by atoms with van der Waals surface area (Å²) in [6, 6.07) is 8.65. The summed E-state index contributed by atoms with van der Waals surface area (Å²) in [4.78, 5) is 31.6. The molecule has 0 aliphatic carbocycles. The second-order valence-electron chi connectivity index (χ2n) is 9.43. The van der Waals surface area contributed by atoms with Crippen LogP contribution in [-0.2, 0) is 4.74 Å². The largest absolute Gasteiger partial charge is 0.493 e. The molecule has 3 aromatic rings. The minimum Gasteiger partial charge on any atom is -0.493 e. The number of benzene rings is 2. The van der Waals surface area contributed by atoms with E-state index in [0.29, 0.717) is 34.6 Å². The van der Waals surface area contributed by atoms with Crippen molar-refractivity contribution < 1.29 is 23.4 Å². The lowest BCUT2D eigenvalue weighted by atomic mass is 9.97. The molecule has 0 saturated carbocycles. The monoisotopic (exact) mass is 492 g/mol. The van der Waals surface area contributed by atoms with E-state index in [1.807, 2.05) is 38.1 Å². The van der Waals surface area contributed by atoms with E-state index in [1.165, 1.54) is 0 Å². The topological polar surface area (TPSA) is 81.5 Å². The molecule has 8 nitrogen and oxygen atoms in total. The zero-order valence-electron chi connectivity index (χ0n) is 21.3. The summed E-state index contributed by atoms with van der Waals surface area (Å²) in [6.45, 7) is 8.51. The summed E-state index contributed by atoms with van der Waals surface area (Å²) in [7, 11) is 3.15. The molecular formula is C28H32N2O6. The Hall–Kier alpha value is -3.36. The summed E-state index contributed by atoms with van der Waals surface area (Å²) in [5.41, 5.74) is 3.45. The van der Waals surface area contributed by atoms with E-state index < -0.39 is 6.04 Å². The summed E-state index contributed by atoms with van der Waals surface area (Å²) >= 11 is 0. The van der Waals surface area contributed by atoms with E-state index in [9.17, 15) is 9.59 Å². The van der Waals surface area contributed by atoms with Gasteiger partial charge in [0.25, 0.3) is 5.91 Å². The van der Waals surface area contributed by atoms with Gasteiger partial charge in [-0.3, -0.25) is 14.5 Å². The van der Waals surface area contributed by atoms with Gasteiger partial charge in [0.15, 0.2) is 16.9 Å². The number of methoxy groups -OCH3 is 2. The third-order valence-corrected chi connectivity index (χ3v) is 7.28. The molecule has 36 heavy (non-hydrogen) atoms. The maximum atomic E-state index is 13.8. The number of carbonyl (C=O) groups is 1. The van der Waals surface area contributed by atoms with Crippen molar-refractivity contribution in [3.63, 3.8) is 0 Å². The molecule has 0 spiro atoms. The fourth-order valence-corrected chi connectivity index (χ4v) is 5.17. The lowest BCUT2D eigenvalue weighted by Gasteiger charge is -2.29. The van der Waals surface area contributed by atoms with Crippen LogP contribution in [0, 0.1) is 13.8 Å². The molecule has 8 heteroatoms. The van der Waals surface area contributed by atoms with Crippen LogP contribution in [0.1, 0.15) is 45.3 Å². The van der Waals surface area contributed by atoms with Gasteiger partial charge in [-0.25, -0.2) is 0 Å². The Kier molecular flexibility index (Phi) is 6.73. The number of hydrogen-bond acceptors (Lipinski definition) is 7. The van der Waals surface area contributed by atoms with Crippen LogP contribution in [-0.4, -0.2) is 69.3 Å². The van der Waals surface area contributed by atoms with Gasteiger partial charge in [-0.15, -0.1) is 0 Å². The van der Waals surface area contributed by atoms with E-state index in [0.717, 1.165) is 56.0 Å². The van der Waals surface area contributed by atoms with Crippen molar-refractivity contribution in [1.29, 1.82) is 0 Å². The fourth-order valence-electron chi connectivity index (χ4n) is 5.17. The van der Waals surface area contributed by atoms with Crippen LogP contribution in [0.2, 0.25) is 0 Å². The smallest absolute Gasteiger partial charge is 0.290 e. The molecule has 1 amide bonds.